The average Bonchev–Trinajstić information content (AvgIpc) is 2.55. The Kier molecular flexibility index (Phi) is 5.48. The minimum atomic E-state index is -0.839. The van der Waals surface area contributed by atoms with E-state index in [-0.39, 0.29) is 21.8 Å². The molecular formula is C18H14ClF2NO3S. The summed E-state index contributed by atoms with van der Waals surface area (Å²) in [6, 6.07) is 7.77. The Labute approximate surface area is 157 Å². The molecule has 1 aliphatic carbocycles. The van der Waals surface area contributed by atoms with Crippen molar-refractivity contribution in [2.24, 2.45) is 5.92 Å². The van der Waals surface area contributed by atoms with Crippen LogP contribution in [0.5, 0.6) is 0 Å². The first kappa shape index (κ1) is 18.7. The molecule has 0 spiro atoms. The van der Waals surface area contributed by atoms with Crippen molar-refractivity contribution < 1.29 is 23.5 Å². The fraction of sp³-hybridized carbons (Fsp3) is 0.222. The van der Waals surface area contributed by atoms with E-state index in [2.05, 4.69) is 5.32 Å². The summed E-state index contributed by atoms with van der Waals surface area (Å²) < 4.78 is 27.2. The van der Waals surface area contributed by atoms with E-state index in [0.717, 1.165) is 6.07 Å². The molecule has 0 atom stereocenters. The van der Waals surface area contributed by atoms with Crippen LogP contribution in [0.1, 0.15) is 23.2 Å². The lowest BCUT2D eigenvalue weighted by Gasteiger charge is -2.31. The molecule has 8 heteroatoms. The Morgan fingerprint density at radius 2 is 1.81 bits per heavy atom. The molecule has 136 valence electrons. The second kappa shape index (κ2) is 7.63. The molecule has 0 heterocycles. The normalized spacial score (nSPS) is 18.9. The van der Waals surface area contributed by atoms with Crippen LogP contribution in [-0.4, -0.2) is 22.2 Å². The van der Waals surface area contributed by atoms with Crippen LogP contribution >= 0.6 is 23.4 Å². The number of hydrogen-bond acceptors (Lipinski definition) is 3. The first-order chi connectivity index (χ1) is 12.3. The molecule has 26 heavy (non-hydrogen) atoms. The van der Waals surface area contributed by atoms with Gasteiger partial charge in [0.2, 0.25) is 0 Å². The predicted octanol–water partition coefficient (Wildman–Crippen LogP) is 4.83. The zero-order valence-corrected chi connectivity index (χ0v) is 14.9. The van der Waals surface area contributed by atoms with Gasteiger partial charge < -0.3 is 10.4 Å². The van der Waals surface area contributed by atoms with Crippen molar-refractivity contribution >= 4 is 40.9 Å². The maximum atomic E-state index is 14.0. The van der Waals surface area contributed by atoms with Crippen molar-refractivity contribution in [3.8, 4) is 0 Å². The summed E-state index contributed by atoms with van der Waals surface area (Å²) in [5.74, 6) is -2.76. The Morgan fingerprint density at radius 1 is 1.12 bits per heavy atom. The van der Waals surface area contributed by atoms with Gasteiger partial charge in [0.15, 0.2) is 0 Å². The zero-order valence-electron chi connectivity index (χ0n) is 13.3. The number of anilines is 1. The maximum Gasteiger partial charge on any atom is 0.306 e. The second-order valence-electron chi connectivity index (χ2n) is 5.97. The van der Waals surface area contributed by atoms with Gasteiger partial charge in [-0.1, -0.05) is 11.6 Å². The smallest absolute Gasteiger partial charge is 0.306 e. The van der Waals surface area contributed by atoms with E-state index in [1.165, 1.54) is 42.1 Å². The number of carbonyl (C=O) groups is 2. The first-order valence-electron chi connectivity index (χ1n) is 7.79. The van der Waals surface area contributed by atoms with Crippen LogP contribution in [0.25, 0.3) is 0 Å². The Hall–Kier alpha value is -2.12. The van der Waals surface area contributed by atoms with Gasteiger partial charge in [-0.2, -0.15) is 0 Å². The Morgan fingerprint density at radius 3 is 2.46 bits per heavy atom. The molecule has 1 amide bonds. The van der Waals surface area contributed by atoms with Crippen LogP contribution in [0, 0.1) is 17.6 Å². The third kappa shape index (κ3) is 4.16. The van der Waals surface area contributed by atoms with Crippen molar-refractivity contribution in [1.29, 1.82) is 0 Å². The van der Waals surface area contributed by atoms with Gasteiger partial charge >= 0.3 is 5.97 Å². The summed E-state index contributed by atoms with van der Waals surface area (Å²) >= 11 is 6.91. The third-order valence-corrected chi connectivity index (χ3v) is 5.68. The van der Waals surface area contributed by atoms with E-state index in [1.54, 1.807) is 0 Å². The van der Waals surface area contributed by atoms with Gasteiger partial charge in [-0.25, -0.2) is 8.78 Å². The molecule has 0 unspecified atom stereocenters. The van der Waals surface area contributed by atoms with E-state index in [0.29, 0.717) is 23.4 Å². The first-order valence-corrected chi connectivity index (χ1v) is 9.04. The van der Waals surface area contributed by atoms with Crippen LogP contribution in [0.2, 0.25) is 5.02 Å². The molecule has 0 bridgehead atoms. The lowest BCUT2D eigenvalue weighted by molar-refractivity contribution is -0.144. The number of hydrogen-bond donors (Lipinski definition) is 2. The number of amides is 1. The highest BCUT2D eigenvalue weighted by Gasteiger charge is 2.35. The molecule has 1 fully saturated rings. The number of carboxylic acids is 1. The molecule has 2 aromatic rings. The molecule has 0 aromatic heterocycles. The molecular weight excluding hydrogens is 384 g/mol. The fourth-order valence-corrected chi connectivity index (χ4v) is 4.13. The number of nitrogens with one attached hydrogen (secondary N) is 1. The summed E-state index contributed by atoms with van der Waals surface area (Å²) in [7, 11) is 0. The number of carbonyl (C=O) groups excluding carboxylic acids is 1. The number of aliphatic carboxylic acids is 1. The Balaban J connectivity index is 1.69. The average molecular weight is 398 g/mol. The summed E-state index contributed by atoms with van der Waals surface area (Å²) in [5.41, 5.74) is 0.562. The van der Waals surface area contributed by atoms with Gasteiger partial charge in [-0.05, 0) is 49.2 Å². The highest BCUT2D eigenvalue weighted by molar-refractivity contribution is 8.00. The van der Waals surface area contributed by atoms with Gasteiger partial charge in [0.05, 0.1) is 10.9 Å². The van der Waals surface area contributed by atoms with E-state index < -0.39 is 23.5 Å². The second-order valence-corrected chi connectivity index (χ2v) is 7.72. The van der Waals surface area contributed by atoms with Crippen molar-refractivity contribution in [2.45, 2.75) is 23.0 Å². The minimum absolute atomic E-state index is 0.0137. The van der Waals surface area contributed by atoms with Crippen molar-refractivity contribution in [3.05, 3.63) is 58.6 Å². The van der Waals surface area contributed by atoms with Gasteiger partial charge in [0.25, 0.3) is 5.91 Å². The predicted molar refractivity (Wildman–Crippen MR) is 95.8 cm³/mol. The summed E-state index contributed by atoms with van der Waals surface area (Å²) in [5, 5.41) is 11.4. The molecule has 1 aliphatic rings. The highest BCUT2D eigenvalue weighted by atomic mass is 35.5. The molecule has 4 nitrogen and oxygen atoms in total. The molecule has 0 aliphatic heterocycles. The summed E-state index contributed by atoms with van der Waals surface area (Å²) in [4.78, 5) is 23.5. The number of carboxylic acid groups (broad SMARTS) is 1. The Bertz CT molecular complexity index is 872. The molecule has 2 aromatic carbocycles. The number of halogens is 3. The number of rotatable bonds is 5. The van der Waals surface area contributed by atoms with Gasteiger partial charge in [-0.15, -0.1) is 11.8 Å². The zero-order chi connectivity index (χ0) is 18.8. The molecule has 2 N–H and O–H groups in total. The molecule has 1 saturated carbocycles. The molecule has 0 radical (unpaired) electrons. The van der Waals surface area contributed by atoms with Crippen molar-refractivity contribution in [3.63, 3.8) is 0 Å². The lowest BCUT2D eigenvalue weighted by atomic mass is 9.85. The summed E-state index contributed by atoms with van der Waals surface area (Å²) in [6.45, 7) is 0. The monoisotopic (exact) mass is 397 g/mol. The van der Waals surface area contributed by atoms with Crippen molar-refractivity contribution in [1.82, 2.24) is 0 Å². The topological polar surface area (TPSA) is 66.4 Å². The van der Waals surface area contributed by atoms with Gasteiger partial charge in [-0.3, -0.25) is 9.59 Å². The van der Waals surface area contributed by atoms with Crippen molar-refractivity contribution in [2.75, 3.05) is 5.32 Å². The maximum absolute atomic E-state index is 14.0. The number of benzene rings is 2. The van der Waals surface area contributed by atoms with E-state index in [9.17, 15) is 18.4 Å². The van der Waals surface area contributed by atoms with E-state index >= 15 is 0 Å². The van der Waals surface area contributed by atoms with Crippen LogP contribution in [0.3, 0.4) is 0 Å². The van der Waals surface area contributed by atoms with Crippen LogP contribution < -0.4 is 5.32 Å². The minimum Gasteiger partial charge on any atom is -0.481 e. The molecule has 0 saturated heterocycles. The number of thioether (sulfide) groups is 1. The van der Waals surface area contributed by atoms with Gasteiger partial charge in [0.1, 0.15) is 11.6 Å². The standard InChI is InChI=1S/C18H14ClF2NO3S/c19-13-8-11(2-4-14(13)20)22-17(23)9-1-3-15(21)16(7-9)26-12-5-10(6-12)18(24)25/h1-4,7-8,10,12H,5-6H2,(H,22,23)(H,24,25)/t10-,12+. The molecule has 3 rings (SSSR count). The lowest BCUT2D eigenvalue weighted by Crippen LogP contribution is -2.32. The quantitative estimate of drug-likeness (QED) is 0.758. The van der Waals surface area contributed by atoms with E-state index in [1.807, 2.05) is 0 Å². The fourth-order valence-electron chi connectivity index (χ4n) is 2.56. The van der Waals surface area contributed by atoms with E-state index in [4.69, 9.17) is 16.7 Å². The summed E-state index contributed by atoms with van der Waals surface area (Å²) in [6.07, 6.45) is 0.952. The van der Waals surface area contributed by atoms with Crippen LogP contribution in [0.4, 0.5) is 14.5 Å². The van der Waals surface area contributed by atoms with Gasteiger partial charge in [0, 0.05) is 21.4 Å². The van der Waals surface area contributed by atoms with Crippen LogP contribution in [-0.2, 0) is 4.79 Å². The third-order valence-electron chi connectivity index (χ3n) is 4.11. The highest BCUT2D eigenvalue weighted by Crippen LogP contribution is 2.41. The SMILES string of the molecule is O=C(Nc1ccc(F)c(Cl)c1)c1ccc(F)c(S[C@H]2C[C@@H](C(=O)O)C2)c1. The van der Waals surface area contributed by atoms with Crippen LogP contribution in [0.15, 0.2) is 41.3 Å². The largest absolute Gasteiger partial charge is 0.481 e.